The number of benzene rings is 1. The monoisotopic (exact) mass is 279 g/mol. The summed E-state index contributed by atoms with van der Waals surface area (Å²) in [5, 5.41) is 3.31. The summed E-state index contributed by atoms with van der Waals surface area (Å²) < 4.78 is 13.4. The Balaban J connectivity index is 2.10. The fourth-order valence-corrected chi connectivity index (χ4v) is 2.89. The van der Waals surface area contributed by atoms with Gasteiger partial charge in [-0.05, 0) is 31.5 Å². The molecule has 1 aliphatic rings. The van der Waals surface area contributed by atoms with Gasteiger partial charge in [0, 0.05) is 45.0 Å². The van der Waals surface area contributed by atoms with Crippen LogP contribution in [0.5, 0.6) is 0 Å². The van der Waals surface area contributed by atoms with Gasteiger partial charge in [-0.25, -0.2) is 4.39 Å². The van der Waals surface area contributed by atoms with Crippen LogP contribution < -0.4 is 10.2 Å². The quantitative estimate of drug-likeness (QED) is 0.863. The van der Waals surface area contributed by atoms with Crippen molar-refractivity contribution >= 4 is 5.69 Å². The molecule has 3 nitrogen and oxygen atoms in total. The highest BCUT2D eigenvalue weighted by Crippen LogP contribution is 2.24. The van der Waals surface area contributed by atoms with E-state index in [1.54, 1.807) is 0 Å². The SMILES string of the molecule is CCN(CC)c1ccc([C@H](CF)N2CCNCC2)cc1. The van der Waals surface area contributed by atoms with Gasteiger partial charge in [0.25, 0.3) is 0 Å². The van der Waals surface area contributed by atoms with Gasteiger partial charge in [0.15, 0.2) is 0 Å². The van der Waals surface area contributed by atoms with E-state index in [1.807, 2.05) is 0 Å². The largest absolute Gasteiger partial charge is 0.372 e. The number of rotatable bonds is 6. The lowest BCUT2D eigenvalue weighted by Crippen LogP contribution is -2.45. The van der Waals surface area contributed by atoms with Gasteiger partial charge in [0.05, 0.1) is 6.04 Å². The van der Waals surface area contributed by atoms with Crippen LogP contribution in [-0.4, -0.2) is 50.8 Å². The summed E-state index contributed by atoms with van der Waals surface area (Å²) in [4.78, 5) is 4.54. The van der Waals surface area contributed by atoms with Crippen LogP contribution in [-0.2, 0) is 0 Å². The molecule has 0 radical (unpaired) electrons. The van der Waals surface area contributed by atoms with Gasteiger partial charge < -0.3 is 10.2 Å². The number of nitrogens with zero attached hydrogens (tertiary/aromatic N) is 2. The lowest BCUT2D eigenvalue weighted by molar-refractivity contribution is 0.147. The summed E-state index contributed by atoms with van der Waals surface area (Å²) in [7, 11) is 0. The molecule has 1 aromatic rings. The van der Waals surface area contributed by atoms with Gasteiger partial charge in [-0.15, -0.1) is 0 Å². The van der Waals surface area contributed by atoms with Crippen molar-refractivity contribution in [3.8, 4) is 0 Å². The Hall–Kier alpha value is -1.13. The first-order chi connectivity index (χ1) is 9.80. The highest BCUT2D eigenvalue weighted by Gasteiger charge is 2.22. The van der Waals surface area contributed by atoms with Gasteiger partial charge in [-0.2, -0.15) is 0 Å². The average Bonchev–Trinajstić information content (AvgIpc) is 2.52. The van der Waals surface area contributed by atoms with Crippen LogP contribution >= 0.6 is 0 Å². The summed E-state index contributed by atoms with van der Waals surface area (Å²) in [5.74, 6) is 0. The molecule has 0 unspecified atom stereocenters. The molecule has 1 N–H and O–H groups in total. The molecule has 1 saturated heterocycles. The molecule has 0 amide bonds. The molecule has 112 valence electrons. The van der Waals surface area contributed by atoms with Gasteiger partial charge in [0.1, 0.15) is 6.67 Å². The molecule has 4 heteroatoms. The summed E-state index contributed by atoms with van der Waals surface area (Å²) in [6.07, 6.45) is 0. The molecule has 0 bridgehead atoms. The Labute approximate surface area is 121 Å². The molecule has 0 spiro atoms. The first kappa shape index (κ1) is 15.3. The smallest absolute Gasteiger partial charge is 0.109 e. The Morgan fingerprint density at radius 3 is 2.25 bits per heavy atom. The van der Waals surface area contributed by atoms with Gasteiger partial charge in [-0.3, -0.25) is 4.90 Å². The summed E-state index contributed by atoms with van der Waals surface area (Å²) >= 11 is 0. The lowest BCUT2D eigenvalue weighted by Gasteiger charge is -2.34. The van der Waals surface area contributed by atoms with E-state index in [0.717, 1.165) is 44.8 Å². The van der Waals surface area contributed by atoms with Crippen molar-refractivity contribution in [2.75, 3.05) is 50.8 Å². The van der Waals surface area contributed by atoms with E-state index >= 15 is 0 Å². The zero-order valence-electron chi connectivity index (χ0n) is 12.6. The van der Waals surface area contributed by atoms with Crippen molar-refractivity contribution in [3.63, 3.8) is 0 Å². The van der Waals surface area contributed by atoms with Crippen LogP contribution in [0.1, 0.15) is 25.5 Å². The van der Waals surface area contributed by atoms with Gasteiger partial charge in [-0.1, -0.05) is 12.1 Å². The summed E-state index contributed by atoms with van der Waals surface area (Å²) in [5.41, 5.74) is 2.31. The number of alkyl halides is 1. The van der Waals surface area contributed by atoms with E-state index in [9.17, 15) is 4.39 Å². The second-order valence-corrected chi connectivity index (χ2v) is 5.22. The molecular weight excluding hydrogens is 253 g/mol. The molecule has 20 heavy (non-hydrogen) atoms. The molecule has 1 atom stereocenters. The minimum absolute atomic E-state index is 0.0946. The highest BCUT2D eigenvalue weighted by atomic mass is 19.1. The molecule has 0 aromatic heterocycles. The number of hydrogen-bond acceptors (Lipinski definition) is 3. The molecule has 1 fully saturated rings. The van der Waals surface area contributed by atoms with E-state index in [4.69, 9.17) is 0 Å². The lowest BCUT2D eigenvalue weighted by atomic mass is 10.0. The second kappa shape index (κ2) is 7.60. The average molecular weight is 279 g/mol. The molecule has 0 saturated carbocycles. The Morgan fingerprint density at radius 2 is 1.75 bits per heavy atom. The minimum Gasteiger partial charge on any atom is -0.372 e. The van der Waals surface area contributed by atoms with Crippen molar-refractivity contribution < 1.29 is 4.39 Å². The highest BCUT2D eigenvalue weighted by molar-refractivity contribution is 5.47. The number of hydrogen-bond donors (Lipinski definition) is 1. The van der Waals surface area contributed by atoms with Gasteiger partial charge in [0.2, 0.25) is 0 Å². The van der Waals surface area contributed by atoms with E-state index in [-0.39, 0.29) is 12.7 Å². The van der Waals surface area contributed by atoms with Crippen LogP contribution in [0.2, 0.25) is 0 Å². The Bertz CT molecular complexity index is 383. The van der Waals surface area contributed by atoms with Crippen LogP contribution in [0.4, 0.5) is 10.1 Å². The standard InChI is InChI=1S/C16H26FN3/c1-3-19(4-2)15-7-5-14(6-8-15)16(13-17)20-11-9-18-10-12-20/h5-8,16,18H,3-4,9-13H2,1-2H3/t16-/m0/s1. The third-order valence-corrected chi connectivity index (χ3v) is 4.14. The number of anilines is 1. The molecular formula is C16H26FN3. The number of nitrogens with one attached hydrogen (secondary N) is 1. The van der Waals surface area contributed by atoms with E-state index in [2.05, 4.69) is 53.2 Å². The number of halogens is 1. The fraction of sp³-hybridized carbons (Fsp3) is 0.625. The third-order valence-electron chi connectivity index (χ3n) is 4.14. The van der Waals surface area contributed by atoms with Crippen molar-refractivity contribution in [1.82, 2.24) is 10.2 Å². The first-order valence-corrected chi connectivity index (χ1v) is 7.65. The maximum atomic E-state index is 13.4. The molecule has 2 rings (SSSR count). The maximum absolute atomic E-state index is 13.4. The zero-order valence-corrected chi connectivity index (χ0v) is 12.6. The maximum Gasteiger partial charge on any atom is 0.109 e. The molecule has 0 aliphatic carbocycles. The Morgan fingerprint density at radius 1 is 1.15 bits per heavy atom. The molecule has 1 aliphatic heterocycles. The van der Waals surface area contributed by atoms with Crippen LogP contribution in [0.15, 0.2) is 24.3 Å². The van der Waals surface area contributed by atoms with E-state index in [1.165, 1.54) is 5.69 Å². The van der Waals surface area contributed by atoms with Crippen LogP contribution in [0.25, 0.3) is 0 Å². The van der Waals surface area contributed by atoms with Crippen LogP contribution in [0, 0.1) is 0 Å². The van der Waals surface area contributed by atoms with Crippen molar-refractivity contribution in [3.05, 3.63) is 29.8 Å². The second-order valence-electron chi connectivity index (χ2n) is 5.22. The van der Waals surface area contributed by atoms with Crippen molar-refractivity contribution in [2.45, 2.75) is 19.9 Å². The number of piperazine rings is 1. The minimum atomic E-state index is -0.315. The van der Waals surface area contributed by atoms with E-state index in [0.29, 0.717) is 0 Å². The van der Waals surface area contributed by atoms with Crippen molar-refractivity contribution in [1.29, 1.82) is 0 Å². The Kier molecular flexibility index (Phi) is 5.80. The van der Waals surface area contributed by atoms with E-state index < -0.39 is 0 Å². The molecule has 1 aromatic carbocycles. The van der Waals surface area contributed by atoms with Crippen molar-refractivity contribution in [2.24, 2.45) is 0 Å². The predicted octanol–water partition coefficient (Wildman–Crippen LogP) is 2.45. The first-order valence-electron chi connectivity index (χ1n) is 7.65. The third kappa shape index (κ3) is 3.49. The fourth-order valence-electron chi connectivity index (χ4n) is 2.89. The molecule has 1 heterocycles. The normalized spacial score (nSPS) is 17.9. The zero-order chi connectivity index (χ0) is 14.4. The summed E-state index contributed by atoms with van der Waals surface area (Å²) in [6, 6.07) is 8.31. The topological polar surface area (TPSA) is 18.5 Å². The predicted molar refractivity (Wildman–Crippen MR) is 83.2 cm³/mol. The van der Waals surface area contributed by atoms with Crippen LogP contribution in [0.3, 0.4) is 0 Å². The summed E-state index contributed by atoms with van der Waals surface area (Å²) in [6.45, 7) is 9.75. The van der Waals surface area contributed by atoms with Gasteiger partial charge >= 0.3 is 0 Å².